The number of carbonyl (C=O) groups is 1. The van der Waals surface area contributed by atoms with Gasteiger partial charge in [0.15, 0.2) is 0 Å². The van der Waals surface area contributed by atoms with E-state index >= 15 is 0 Å². The van der Waals surface area contributed by atoms with E-state index in [0.717, 1.165) is 24.8 Å². The van der Waals surface area contributed by atoms with Crippen LogP contribution in [0.3, 0.4) is 0 Å². The van der Waals surface area contributed by atoms with E-state index < -0.39 is 10.0 Å². The number of nitrogens with zero attached hydrogens (tertiary/aromatic N) is 1. The van der Waals surface area contributed by atoms with Gasteiger partial charge in [-0.1, -0.05) is 6.07 Å². The van der Waals surface area contributed by atoms with Gasteiger partial charge in [-0.15, -0.1) is 0 Å². The Kier molecular flexibility index (Phi) is 6.32. The molecule has 1 aromatic rings. The second-order valence-corrected chi connectivity index (χ2v) is 8.76. The molecule has 0 unspecified atom stereocenters. The molecule has 0 bridgehead atoms. The van der Waals surface area contributed by atoms with Crippen LogP contribution in [0.2, 0.25) is 0 Å². The standard InChI is InChI=1S/C19H27NO5S/c1-2-24-12-13-25-19(21)16-8-10-20(11-9-16)26(22,23)18-7-6-15-4-3-5-17(15)14-18/h6-7,14,16H,2-5,8-13H2,1H3. The normalized spacial score (nSPS) is 18.7. The zero-order valence-corrected chi connectivity index (χ0v) is 16.1. The Hall–Kier alpha value is -1.44. The second kappa shape index (κ2) is 8.50. The van der Waals surface area contributed by atoms with Crippen LogP contribution in [0.25, 0.3) is 0 Å². The molecule has 1 saturated heterocycles. The van der Waals surface area contributed by atoms with Crippen LogP contribution in [0.5, 0.6) is 0 Å². The van der Waals surface area contributed by atoms with Crippen LogP contribution >= 0.6 is 0 Å². The van der Waals surface area contributed by atoms with Gasteiger partial charge in [0.05, 0.1) is 17.4 Å². The van der Waals surface area contributed by atoms with Gasteiger partial charge in [0.1, 0.15) is 6.61 Å². The zero-order chi connectivity index (χ0) is 18.6. The van der Waals surface area contributed by atoms with Gasteiger partial charge in [0.2, 0.25) is 10.0 Å². The summed E-state index contributed by atoms with van der Waals surface area (Å²) in [4.78, 5) is 12.4. The van der Waals surface area contributed by atoms with Crippen LogP contribution in [-0.4, -0.2) is 51.6 Å². The Bertz CT molecular complexity index is 738. The van der Waals surface area contributed by atoms with Crippen LogP contribution in [0.4, 0.5) is 0 Å². The highest BCUT2D eigenvalue weighted by molar-refractivity contribution is 7.89. The smallest absolute Gasteiger partial charge is 0.309 e. The highest BCUT2D eigenvalue weighted by Gasteiger charge is 2.33. The Morgan fingerprint density at radius 3 is 2.62 bits per heavy atom. The molecule has 3 rings (SSSR count). The van der Waals surface area contributed by atoms with E-state index in [1.165, 1.54) is 9.87 Å². The van der Waals surface area contributed by atoms with Crippen LogP contribution in [0, 0.1) is 5.92 Å². The van der Waals surface area contributed by atoms with Crippen molar-refractivity contribution < 1.29 is 22.7 Å². The van der Waals surface area contributed by atoms with E-state index in [9.17, 15) is 13.2 Å². The topological polar surface area (TPSA) is 72.9 Å². The number of hydrogen-bond donors (Lipinski definition) is 0. The monoisotopic (exact) mass is 381 g/mol. The van der Waals surface area contributed by atoms with Crippen LogP contribution in [0.1, 0.15) is 37.3 Å². The molecule has 0 N–H and O–H groups in total. The lowest BCUT2D eigenvalue weighted by molar-refractivity contribution is -0.151. The quantitative estimate of drug-likeness (QED) is 0.535. The van der Waals surface area contributed by atoms with Gasteiger partial charge in [-0.2, -0.15) is 4.31 Å². The predicted octanol–water partition coefficient (Wildman–Crippen LogP) is 2.16. The molecule has 0 amide bonds. The second-order valence-electron chi connectivity index (χ2n) is 6.83. The van der Waals surface area contributed by atoms with Crippen molar-refractivity contribution in [3.8, 4) is 0 Å². The first-order valence-corrected chi connectivity index (χ1v) is 10.8. The molecule has 144 valence electrons. The molecule has 7 heteroatoms. The fraction of sp³-hybridized carbons (Fsp3) is 0.632. The van der Waals surface area contributed by atoms with Gasteiger partial charge in [0.25, 0.3) is 0 Å². The highest BCUT2D eigenvalue weighted by atomic mass is 32.2. The summed E-state index contributed by atoms with van der Waals surface area (Å²) in [6, 6.07) is 5.48. The molecule has 1 fully saturated rings. The average molecular weight is 381 g/mol. The fourth-order valence-corrected chi connectivity index (χ4v) is 5.17. The molecule has 1 aliphatic carbocycles. The third kappa shape index (κ3) is 4.27. The maximum Gasteiger partial charge on any atom is 0.309 e. The maximum atomic E-state index is 12.9. The molecule has 6 nitrogen and oxygen atoms in total. The number of esters is 1. The van der Waals surface area contributed by atoms with Crippen LogP contribution in [0.15, 0.2) is 23.1 Å². The molecule has 0 spiro atoms. The van der Waals surface area contributed by atoms with E-state index in [4.69, 9.17) is 9.47 Å². The summed E-state index contributed by atoms with van der Waals surface area (Å²) in [5.41, 5.74) is 2.41. The number of rotatable bonds is 7. The summed E-state index contributed by atoms with van der Waals surface area (Å²) in [7, 11) is -3.50. The first kappa shape index (κ1) is 19.3. The third-order valence-electron chi connectivity index (χ3n) is 5.17. The zero-order valence-electron chi connectivity index (χ0n) is 15.3. The Morgan fingerprint density at radius 1 is 1.15 bits per heavy atom. The van der Waals surface area contributed by atoms with Crippen molar-refractivity contribution in [3.63, 3.8) is 0 Å². The summed E-state index contributed by atoms with van der Waals surface area (Å²) < 4.78 is 37.7. The van der Waals surface area contributed by atoms with E-state index in [1.54, 1.807) is 6.07 Å². The average Bonchev–Trinajstić information content (AvgIpc) is 3.13. The largest absolute Gasteiger partial charge is 0.463 e. The molecule has 1 aromatic carbocycles. The highest BCUT2D eigenvalue weighted by Crippen LogP contribution is 2.28. The lowest BCUT2D eigenvalue weighted by atomic mass is 9.98. The Morgan fingerprint density at radius 2 is 1.88 bits per heavy atom. The molecule has 0 radical (unpaired) electrons. The molecule has 2 aliphatic rings. The molecule has 0 aromatic heterocycles. The summed E-state index contributed by atoms with van der Waals surface area (Å²) in [5, 5.41) is 0. The Balaban J connectivity index is 1.56. The van der Waals surface area contributed by atoms with Crippen molar-refractivity contribution in [1.82, 2.24) is 4.31 Å². The third-order valence-corrected chi connectivity index (χ3v) is 7.07. The predicted molar refractivity (Wildman–Crippen MR) is 97.4 cm³/mol. The van der Waals surface area contributed by atoms with E-state index in [0.29, 0.717) is 44.0 Å². The van der Waals surface area contributed by atoms with Crippen molar-refractivity contribution in [2.75, 3.05) is 32.9 Å². The van der Waals surface area contributed by atoms with Gasteiger partial charge in [-0.3, -0.25) is 4.79 Å². The molecular formula is C19H27NO5S. The van der Waals surface area contributed by atoms with E-state index in [2.05, 4.69) is 0 Å². The number of hydrogen-bond acceptors (Lipinski definition) is 5. The first-order chi connectivity index (χ1) is 12.5. The summed E-state index contributed by atoms with van der Waals surface area (Å²) >= 11 is 0. The van der Waals surface area contributed by atoms with Crippen molar-refractivity contribution in [1.29, 1.82) is 0 Å². The van der Waals surface area contributed by atoms with Gasteiger partial charge in [0, 0.05) is 19.7 Å². The van der Waals surface area contributed by atoms with Crippen molar-refractivity contribution >= 4 is 16.0 Å². The molecular weight excluding hydrogens is 354 g/mol. The molecule has 26 heavy (non-hydrogen) atoms. The number of benzene rings is 1. The fourth-order valence-electron chi connectivity index (χ4n) is 3.65. The van der Waals surface area contributed by atoms with Crippen molar-refractivity contribution in [3.05, 3.63) is 29.3 Å². The summed E-state index contributed by atoms with van der Waals surface area (Å²) in [5.74, 6) is -0.484. The molecule has 1 aliphatic heterocycles. The Labute approximate surface area is 155 Å². The molecule has 0 atom stereocenters. The van der Waals surface area contributed by atoms with Crippen LogP contribution in [-0.2, 0) is 37.1 Å². The SMILES string of the molecule is CCOCCOC(=O)C1CCN(S(=O)(=O)c2ccc3c(c2)CCC3)CC1. The van der Waals surface area contributed by atoms with E-state index in [-0.39, 0.29) is 18.5 Å². The number of aryl methyl sites for hydroxylation is 2. The maximum absolute atomic E-state index is 12.9. The van der Waals surface area contributed by atoms with Gasteiger partial charge < -0.3 is 9.47 Å². The summed E-state index contributed by atoms with van der Waals surface area (Å²) in [6.45, 7) is 3.83. The molecule has 0 saturated carbocycles. The van der Waals surface area contributed by atoms with Crippen molar-refractivity contribution in [2.45, 2.75) is 43.9 Å². The molecule has 1 heterocycles. The lowest BCUT2D eigenvalue weighted by Gasteiger charge is -2.30. The number of carbonyl (C=O) groups excluding carboxylic acids is 1. The minimum Gasteiger partial charge on any atom is -0.463 e. The number of fused-ring (bicyclic) bond motifs is 1. The minimum absolute atomic E-state index is 0.233. The first-order valence-electron chi connectivity index (χ1n) is 9.38. The number of ether oxygens (including phenoxy) is 2. The van der Waals surface area contributed by atoms with E-state index in [1.807, 2.05) is 19.1 Å². The van der Waals surface area contributed by atoms with Crippen molar-refractivity contribution in [2.24, 2.45) is 5.92 Å². The number of piperidine rings is 1. The van der Waals surface area contributed by atoms with Crippen LogP contribution < -0.4 is 0 Å². The van der Waals surface area contributed by atoms with Gasteiger partial charge >= 0.3 is 5.97 Å². The minimum atomic E-state index is -3.50. The van der Waals surface area contributed by atoms with Gasteiger partial charge in [-0.25, -0.2) is 8.42 Å². The number of sulfonamides is 1. The summed E-state index contributed by atoms with van der Waals surface area (Å²) in [6.07, 6.45) is 4.08. The van der Waals surface area contributed by atoms with Gasteiger partial charge in [-0.05, 0) is 62.3 Å². The lowest BCUT2D eigenvalue weighted by Crippen LogP contribution is -2.40.